The Morgan fingerprint density at radius 3 is 2.31 bits per heavy atom. The van der Waals surface area contributed by atoms with Crippen LogP contribution in [0.4, 0.5) is 5.69 Å². The van der Waals surface area contributed by atoms with Gasteiger partial charge in [-0.15, -0.1) is 0 Å². The zero-order valence-corrected chi connectivity index (χ0v) is 18.0. The van der Waals surface area contributed by atoms with Crippen molar-refractivity contribution in [1.82, 2.24) is 4.57 Å². The Balaban J connectivity index is 1.70. The van der Waals surface area contributed by atoms with Gasteiger partial charge in [0.15, 0.2) is 0 Å². The van der Waals surface area contributed by atoms with Crippen LogP contribution in [-0.2, 0) is 28.9 Å². The van der Waals surface area contributed by atoms with Crippen molar-refractivity contribution in [2.24, 2.45) is 0 Å². The average Bonchev–Trinajstić information content (AvgIpc) is 3.15. The second-order valence-corrected chi connectivity index (χ2v) is 7.98. The van der Waals surface area contributed by atoms with E-state index in [1.807, 2.05) is 36.4 Å². The molecule has 32 heavy (non-hydrogen) atoms. The summed E-state index contributed by atoms with van der Waals surface area (Å²) in [6, 6.07) is 24.4. The number of carboxylic acids is 1. The van der Waals surface area contributed by atoms with E-state index >= 15 is 0 Å². The fourth-order valence-corrected chi connectivity index (χ4v) is 4.00. The Kier molecular flexibility index (Phi) is 6.36. The Bertz CT molecular complexity index is 1240. The van der Waals surface area contributed by atoms with Crippen LogP contribution >= 0.6 is 0 Å². The number of carboxylic acid groups (broad SMARTS) is 1. The summed E-state index contributed by atoms with van der Waals surface area (Å²) >= 11 is 0. The molecular weight excluding hydrogens is 400 g/mol. The number of hydrogen-bond donors (Lipinski definition) is 2. The first kappa shape index (κ1) is 21.4. The molecule has 0 bridgehead atoms. The number of fused-ring (bicyclic) bond motifs is 1. The maximum absolute atomic E-state index is 11.3. The lowest BCUT2D eigenvalue weighted by atomic mass is 10.0. The monoisotopic (exact) mass is 426 g/mol. The van der Waals surface area contributed by atoms with E-state index in [-0.39, 0.29) is 12.3 Å². The van der Waals surface area contributed by atoms with Gasteiger partial charge in [0.25, 0.3) is 0 Å². The minimum Gasteiger partial charge on any atom is -0.481 e. The number of aliphatic carboxylic acids is 1. The number of anilines is 1. The Morgan fingerprint density at radius 1 is 0.875 bits per heavy atom. The van der Waals surface area contributed by atoms with Gasteiger partial charge in [0, 0.05) is 36.3 Å². The molecule has 0 radical (unpaired) electrons. The van der Waals surface area contributed by atoms with Crippen LogP contribution in [0.2, 0.25) is 0 Å². The van der Waals surface area contributed by atoms with Crippen molar-refractivity contribution in [2.45, 2.75) is 32.6 Å². The van der Waals surface area contributed by atoms with Crippen molar-refractivity contribution in [3.8, 4) is 5.69 Å². The van der Waals surface area contributed by atoms with E-state index in [2.05, 4.69) is 52.5 Å². The number of nitrogens with zero attached hydrogens (tertiary/aromatic N) is 1. The van der Waals surface area contributed by atoms with Crippen molar-refractivity contribution in [3.05, 3.63) is 95.7 Å². The van der Waals surface area contributed by atoms with E-state index in [0.717, 1.165) is 40.7 Å². The first-order valence-electron chi connectivity index (χ1n) is 10.8. The molecule has 5 nitrogen and oxygen atoms in total. The summed E-state index contributed by atoms with van der Waals surface area (Å²) in [6.07, 6.45) is 4.62. The molecule has 0 atom stereocenters. The third-order valence-corrected chi connectivity index (χ3v) is 5.57. The van der Waals surface area contributed by atoms with Crippen molar-refractivity contribution in [1.29, 1.82) is 0 Å². The minimum atomic E-state index is -0.786. The van der Waals surface area contributed by atoms with Gasteiger partial charge in [-0.3, -0.25) is 9.59 Å². The number of rotatable bonds is 8. The van der Waals surface area contributed by atoms with E-state index in [4.69, 9.17) is 5.11 Å². The fraction of sp³-hybridized carbons (Fsp3) is 0.185. The van der Waals surface area contributed by atoms with Crippen LogP contribution in [0, 0.1) is 0 Å². The van der Waals surface area contributed by atoms with Gasteiger partial charge < -0.3 is 15.0 Å². The molecule has 1 amide bonds. The lowest BCUT2D eigenvalue weighted by Gasteiger charge is -2.08. The molecule has 0 saturated heterocycles. The number of hydrogen-bond acceptors (Lipinski definition) is 2. The SMILES string of the molecule is CC(=O)Nc1ccc(-n2cc(CCc3ccccc3)c3cc(CCC(=O)O)ccc32)cc1. The molecule has 0 fully saturated rings. The summed E-state index contributed by atoms with van der Waals surface area (Å²) in [7, 11) is 0. The van der Waals surface area contributed by atoms with Crippen LogP contribution in [0.1, 0.15) is 30.0 Å². The van der Waals surface area contributed by atoms with Gasteiger partial charge in [-0.05, 0) is 72.4 Å². The number of carbonyl (C=O) groups excluding carboxylic acids is 1. The molecule has 0 aliphatic carbocycles. The van der Waals surface area contributed by atoms with Gasteiger partial charge in [0.05, 0.1) is 5.52 Å². The van der Waals surface area contributed by atoms with Gasteiger partial charge in [-0.1, -0.05) is 36.4 Å². The molecule has 0 unspecified atom stereocenters. The van der Waals surface area contributed by atoms with Gasteiger partial charge in [0.1, 0.15) is 0 Å². The number of aryl methyl sites for hydroxylation is 3. The molecule has 3 aromatic carbocycles. The first-order valence-corrected chi connectivity index (χ1v) is 10.8. The smallest absolute Gasteiger partial charge is 0.303 e. The summed E-state index contributed by atoms with van der Waals surface area (Å²) in [5.74, 6) is -0.882. The zero-order chi connectivity index (χ0) is 22.5. The molecule has 1 aromatic heterocycles. The molecule has 0 aliphatic rings. The summed E-state index contributed by atoms with van der Waals surface area (Å²) in [6.45, 7) is 1.49. The largest absolute Gasteiger partial charge is 0.481 e. The van der Waals surface area contributed by atoms with Crippen LogP contribution in [0.3, 0.4) is 0 Å². The standard InChI is InChI=1S/C27H26N2O3/c1-19(30)28-23-11-13-24(14-12-23)29-18-22(10-7-20-5-3-2-4-6-20)25-17-21(8-15-26(25)29)9-16-27(31)32/h2-6,8,11-15,17-18H,7,9-10,16H2,1H3,(H,28,30)(H,31,32). The van der Waals surface area contributed by atoms with Crippen LogP contribution in [0.25, 0.3) is 16.6 Å². The minimum absolute atomic E-state index is 0.0961. The highest BCUT2D eigenvalue weighted by Crippen LogP contribution is 2.28. The molecule has 4 rings (SSSR count). The number of amides is 1. The second-order valence-electron chi connectivity index (χ2n) is 7.98. The topological polar surface area (TPSA) is 71.3 Å². The number of carbonyl (C=O) groups is 2. The van der Waals surface area contributed by atoms with Crippen LogP contribution < -0.4 is 5.32 Å². The highest BCUT2D eigenvalue weighted by molar-refractivity contribution is 5.89. The molecule has 0 spiro atoms. The van der Waals surface area contributed by atoms with Crippen molar-refractivity contribution >= 4 is 28.5 Å². The molecule has 2 N–H and O–H groups in total. The molecule has 1 heterocycles. The van der Waals surface area contributed by atoms with Gasteiger partial charge >= 0.3 is 5.97 Å². The predicted octanol–water partition coefficient (Wildman–Crippen LogP) is 5.39. The summed E-state index contributed by atoms with van der Waals surface area (Å²) < 4.78 is 2.16. The normalized spacial score (nSPS) is 10.9. The first-order chi connectivity index (χ1) is 15.5. The zero-order valence-electron chi connectivity index (χ0n) is 18.0. The van der Waals surface area contributed by atoms with E-state index in [1.54, 1.807) is 0 Å². The summed E-state index contributed by atoms with van der Waals surface area (Å²) in [5, 5.41) is 13.0. The lowest BCUT2D eigenvalue weighted by molar-refractivity contribution is -0.137. The van der Waals surface area contributed by atoms with Gasteiger partial charge in [0.2, 0.25) is 5.91 Å². The molecule has 162 valence electrons. The maximum Gasteiger partial charge on any atom is 0.303 e. The quantitative estimate of drug-likeness (QED) is 0.397. The highest BCUT2D eigenvalue weighted by Gasteiger charge is 2.12. The van der Waals surface area contributed by atoms with E-state index in [9.17, 15) is 9.59 Å². The van der Waals surface area contributed by atoms with Crippen molar-refractivity contribution in [2.75, 3.05) is 5.32 Å². The Hall–Kier alpha value is -3.86. The van der Waals surface area contributed by atoms with E-state index in [1.165, 1.54) is 18.1 Å². The van der Waals surface area contributed by atoms with Gasteiger partial charge in [-0.2, -0.15) is 0 Å². The Morgan fingerprint density at radius 2 is 1.62 bits per heavy atom. The third kappa shape index (κ3) is 5.06. The molecule has 5 heteroatoms. The molecular formula is C27H26N2O3. The number of benzene rings is 3. The van der Waals surface area contributed by atoms with E-state index < -0.39 is 5.97 Å². The third-order valence-electron chi connectivity index (χ3n) is 5.57. The maximum atomic E-state index is 11.3. The number of aromatic nitrogens is 1. The predicted molar refractivity (Wildman–Crippen MR) is 127 cm³/mol. The Labute approximate surface area is 187 Å². The fourth-order valence-electron chi connectivity index (χ4n) is 4.00. The van der Waals surface area contributed by atoms with Crippen LogP contribution in [0.15, 0.2) is 79.0 Å². The molecule has 0 aliphatic heterocycles. The van der Waals surface area contributed by atoms with Crippen molar-refractivity contribution < 1.29 is 14.7 Å². The van der Waals surface area contributed by atoms with Crippen LogP contribution in [0.5, 0.6) is 0 Å². The van der Waals surface area contributed by atoms with Gasteiger partial charge in [-0.25, -0.2) is 0 Å². The summed E-state index contributed by atoms with van der Waals surface area (Å²) in [4.78, 5) is 22.3. The second kappa shape index (κ2) is 9.52. The van der Waals surface area contributed by atoms with Crippen LogP contribution in [-0.4, -0.2) is 21.6 Å². The molecule has 0 saturated carbocycles. The van der Waals surface area contributed by atoms with E-state index in [0.29, 0.717) is 6.42 Å². The highest BCUT2D eigenvalue weighted by atomic mass is 16.4. The average molecular weight is 427 g/mol. The number of nitrogens with one attached hydrogen (secondary N) is 1. The summed E-state index contributed by atoms with van der Waals surface area (Å²) in [5.41, 5.74) is 6.40. The van der Waals surface area contributed by atoms with Crippen molar-refractivity contribution in [3.63, 3.8) is 0 Å². The lowest BCUT2D eigenvalue weighted by Crippen LogP contribution is -2.05. The molecule has 4 aromatic rings.